The van der Waals surface area contributed by atoms with Crippen LogP contribution in [-0.4, -0.2) is 34.6 Å². The van der Waals surface area contributed by atoms with Gasteiger partial charge in [-0.15, -0.1) is 0 Å². The molecule has 2 aliphatic rings. The summed E-state index contributed by atoms with van der Waals surface area (Å²) in [4.78, 5) is 44.7. The van der Waals surface area contributed by atoms with E-state index in [4.69, 9.17) is 9.57 Å². The molecule has 36 heavy (non-hydrogen) atoms. The first kappa shape index (κ1) is 23.8. The van der Waals surface area contributed by atoms with E-state index in [1.54, 1.807) is 31.2 Å². The number of imide groups is 1. The average Bonchev–Trinajstić information content (AvgIpc) is 3.38. The van der Waals surface area contributed by atoms with Crippen LogP contribution in [0.15, 0.2) is 71.2 Å². The zero-order valence-electron chi connectivity index (χ0n) is 18.9. The van der Waals surface area contributed by atoms with E-state index in [9.17, 15) is 24.8 Å². The lowest BCUT2D eigenvalue weighted by Gasteiger charge is -2.29. The van der Waals surface area contributed by atoms with Crippen molar-refractivity contribution in [3.8, 4) is 11.5 Å². The summed E-state index contributed by atoms with van der Waals surface area (Å²) in [6, 6.07) is 16.8. The van der Waals surface area contributed by atoms with Crippen molar-refractivity contribution in [3.05, 3.63) is 86.9 Å². The Labute approximate surface area is 213 Å². The molecule has 0 radical (unpaired) electrons. The molecule has 184 valence electrons. The van der Waals surface area contributed by atoms with Gasteiger partial charge in [0.1, 0.15) is 5.92 Å². The molecule has 3 aromatic carbocycles. The van der Waals surface area contributed by atoms with Gasteiger partial charge in [0.25, 0.3) is 11.6 Å². The standard InChI is InChI=1S/C25H20BrN3O7/c1-2-35-19-13-14(12-18(26)22(19)30)21-20-23(36-28(21)16-6-4-3-5-7-16)25(32)27(24(20)31)15-8-10-17(11-9-15)29(33)34/h3-13,20-21,23,30H,2H2,1H3/t20-,21-,23-/m1/s1. The van der Waals surface area contributed by atoms with Crippen molar-refractivity contribution >= 4 is 44.8 Å². The molecule has 5 rings (SSSR count). The van der Waals surface area contributed by atoms with Gasteiger partial charge in [-0.3, -0.25) is 24.5 Å². The van der Waals surface area contributed by atoms with Crippen LogP contribution in [0.25, 0.3) is 0 Å². The number of anilines is 2. The van der Waals surface area contributed by atoms with Gasteiger partial charge in [0, 0.05) is 12.1 Å². The maximum Gasteiger partial charge on any atom is 0.269 e. The third-order valence-corrected chi connectivity index (χ3v) is 6.74. The summed E-state index contributed by atoms with van der Waals surface area (Å²) in [7, 11) is 0. The van der Waals surface area contributed by atoms with Crippen molar-refractivity contribution in [3.63, 3.8) is 0 Å². The number of nitrogens with zero attached hydrogens (tertiary/aromatic N) is 3. The normalized spacial score (nSPS) is 21.1. The molecule has 2 aliphatic heterocycles. The van der Waals surface area contributed by atoms with Crippen LogP contribution in [0.2, 0.25) is 0 Å². The summed E-state index contributed by atoms with van der Waals surface area (Å²) < 4.78 is 5.95. The third-order valence-electron chi connectivity index (χ3n) is 6.14. The van der Waals surface area contributed by atoms with Gasteiger partial charge in [0.05, 0.1) is 33.4 Å². The Balaban J connectivity index is 1.59. The summed E-state index contributed by atoms with van der Waals surface area (Å²) in [6.45, 7) is 2.09. The van der Waals surface area contributed by atoms with Gasteiger partial charge in [0.15, 0.2) is 17.6 Å². The maximum absolute atomic E-state index is 13.7. The monoisotopic (exact) mass is 553 g/mol. The first-order chi connectivity index (χ1) is 17.3. The van der Waals surface area contributed by atoms with Gasteiger partial charge < -0.3 is 9.84 Å². The number of ether oxygens (including phenoxy) is 1. The molecule has 0 saturated carbocycles. The number of benzene rings is 3. The number of rotatable bonds is 6. The van der Waals surface area contributed by atoms with Crippen molar-refractivity contribution in [1.29, 1.82) is 0 Å². The maximum atomic E-state index is 13.7. The SMILES string of the molecule is CCOc1cc([C@@H]2[C@H]3C(=O)N(c4ccc([N+](=O)[O-])cc4)C(=O)[C@@H]3ON2c2ccccc2)cc(Br)c1O. The number of hydrogen-bond acceptors (Lipinski definition) is 8. The number of aromatic hydroxyl groups is 1. The van der Waals surface area contributed by atoms with Crippen LogP contribution in [0, 0.1) is 16.0 Å². The van der Waals surface area contributed by atoms with Crippen LogP contribution in [0.3, 0.4) is 0 Å². The molecule has 2 fully saturated rings. The average molecular weight is 554 g/mol. The number of fused-ring (bicyclic) bond motifs is 1. The van der Waals surface area contributed by atoms with E-state index in [1.807, 2.05) is 18.2 Å². The highest BCUT2D eigenvalue weighted by atomic mass is 79.9. The number of hydroxylamine groups is 1. The van der Waals surface area contributed by atoms with Crippen molar-refractivity contribution < 1.29 is 29.2 Å². The zero-order chi connectivity index (χ0) is 25.6. The third kappa shape index (κ3) is 3.86. The number of carbonyl (C=O) groups excluding carboxylic acids is 2. The van der Waals surface area contributed by atoms with Gasteiger partial charge in [0.2, 0.25) is 5.91 Å². The van der Waals surface area contributed by atoms with Gasteiger partial charge in [-0.05, 0) is 64.8 Å². The number of phenolic OH excluding ortho intramolecular Hbond substituents is 1. The quantitative estimate of drug-likeness (QED) is 0.268. The minimum absolute atomic E-state index is 0.0799. The molecular weight excluding hydrogens is 534 g/mol. The van der Waals surface area contributed by atoms with Gasteiger partial charge >= 0.3 is 0 Å². The molecular formula is C25H20BrN3O7. The molecule has 0 aliphatic carbocycles. The van der Waals surface area contributed by atoms with Crippen LogP contribution in [-0.2, 0) is 14.4 Å². The van der Waals surface area contributed by atoms with Gasteiger partial charge in [-0.25, -0.2) is 9.96 Å². The number of nitro benzene ring substituents is 1. The minimum atomic E-state index is -1.11. The van der Waals surface area contributed by atoms with Gasteiger partial charge in [-0.1, -0.05) is 18.2 Å². The fraction of sp³-hybridized carbons (Fsp3) is 0.200. The molecule has 2 saturated heterocycles. The molecule has 3 atom stereocenters. The highest BCUT2D eigenvalue weighted by molar-refractivity contribution is 9.10. The molecule has 2 amide bonds. The predicted octanol–water partition coefficient (Wildman–Crippen LogP) is 4.51. The molecule has 0 aromatic heterocycles. The molecule has 0 spiro atoms. The summed E-state index contributed by atoms with van der Waals surface area (Å²) in [6.07, 6.45) is -1.11. The molecule has 0 bridgehead atoms. The number of nitro groups is 1. The first-order valence-corrected chi connectivity index (χ1v) is 11.9. The second-order valence-corrected chi connectivity index (χ2v) is 9.08. The lowest BCUT2D eigenvalue weighted by atomic mass is 9.90. The number of hydrogen-bond donors (Lipinski definition) is 1. The van der Waals surface area contributed by atoms with Crippen molar-refractivity contribution in [1.82, 2.24) is 0 Å². The Bertz CT molecular complexity index is 1350. The van der Waals surface area contributed by atoms with Crippen molar-refractivity contribution in [2.45, 2.75) is 19.1 Å². The van der Waals surface area contributed by atoms with Gasteiger partial charge in [-0.2, -0.15) is 0 Å². The van der Waals surface area contributed by atoms with E-state index in [1.165, 1.54) is 29.3 Å². The van der Waals surface area contributed by atoms with Crippen molar-refractivity contribution in [2.24, 2.45) is 5.92 Å². The number of halogens is 1. The van der Waals surface area contributed by atoms with E-state index in [-0.39, 0.29) is 22.9 Å². The lowest BCUT2D eigenvalue weighted by molar-refractivity contribution is -0.384. The molecule has 3 aromatic rings. The smallest absolute Gasteiger partial charge is 0.269 e. The molecule has 1 N–H and O–H groups in total. The fourth-order valence-corrected chi connectivity index (χ4v) is 5.02. The highest BCUT2D eigenvalue weighted by Crippen LogP contribution is 2.49. The largest absolute Gasteiger partial charge is 0.503 e. The number of non-ortho nitro benzene ring substituents is 1. The fourth-order valence-electron chi connectivity index (χ4n) is 4.56. The van der Waals surface area contributed by atoms with Crippen LogP contribution < -0.4 is 14.7 Å². The number of phenols is 1. The summed E-state index contributed by atoms with van der Waals surface area (Å²) in [5.74, 6) is -1.83. The van der Waals surface area contributed by atoms with E-state index in [0.29, 0.717) is 22.3 Å². The van der Waals surface area contributed by atoms with E-state index >= 15 is 0 Å². The molecule has 10 nitrogen and oxygen atoms in total. The Kier molecular flexibility index (Phi) is 6.10. The molecule has 2 heterocycles. The van der Waals surface area contributed by atoms with E-state index in [2.05, 4.69) is 15.9 Å². The first-order valence-electron chi connectivity index (χ1n) is 11.1. The second-order valence-electron chi connectivity index (χ2n) is 8.23. The minimum Gasteiger partial charge on any atom is -0.503 e. The van der Waals surface area contributed by atoms with E-state index < -0.39 is 34.8 Å². The Morgan fingerprint density at radius 2 is 1.75 bits per heavy atom. The summed E-state index contributed by atoms with van der Waals surface area (Å²) in [5.41, 5.74) is 1.30. The predicted molar refractivity (Wildman–Crippen MR) is 133 cm³/mol. The highest BCUT2D eigenvalue weighted by Gasteiger charge is 2.60. The molecule has 11 heteroatoms. The topological polar surface area (TPSA) is 122 Å². The van der Waals surface area contributed by atoms with Crippen LogP contribution in [0.1, 0.15) is 18.5 Å². The van der Waals surface area contributed by atoms with Crippen LogP contribution in [0.5, 0.6) is 11.5 Å². The molecule has 0 unspecified atom stereocenters. The van der Waals surface area contributed by atoms with Crippen LogP contribution >= 0.6 is 15.9 Å². The lowest BCUT2D eigenvalue weighted by Crippen LogP contribution is -2.37. The number of amides is 2. The number of carbonyl (C=O) groups is 2. The van der Waals surface area contributed by atoms with Crippen LogP contribution in [0.4, 0.5) is 17.1 Å². The number of para-hydroxylation sites is 1. The summed E-state index contributed by atoms with van der Waals surface area (Å²) in [5, 5.41) is 23.0. The second kappa shape index (κ2) is 9.25. The zero-order valence-corrected chi connectivity index (χ0v) is 20.5. The Morgan fingerprint density at radius 1 is 1.06 bits per heavy atom. The Morgan fingerprint density at radius 3 is 2.39 bits per heavy atom. The van der Waals surface area contributed by atoms with Crippen molar-refractivity contribution in [2.75, 3.05) is 16.6 Å². The Hall–Kier alpha value is -3.96. The van der Waals surface area contributed by atoms with E-state index in [0.717, 1.165) is 4.90 Å². The summed E-state index contributed by atoms with van der Waals surface area (Å²) >= 11 is 3.35.